The van der Waals surface area contributed by atoms with Gasteiger partial charge in [-0.2, -0.15) is 0 Å². The summed E-state index contributed by atoms with van der Waals surface area (Å²) in [4.78, 5) is 37.4. The average molecular weight is 349 g/mol. The van der Waals surface area contributed by atoms with Gasteiger partial charge in [0.1, 0.15) is 18.1 Å². The maximum absolute atomic E-state index is 12.4. The number of carbonyl (C=O) groups excluding carboxylic acids is 2. The van der Waals surface area contributed by atoms with E-state index in [2.05, 4.69) is 25.7 Å². The number of carboxylic acid groups (broad SMARTS) is 1. The summed E-state index contributed by atoms with van der Waals surface area (Å²) >= 11 is 3.07. The number of hydrogen-bond acceptors (Lipinski definition) is 5. The van der Waals surface area contributed by atoms with Crippen LogP contribution in [0.3, 0.4) is 0 Å². The van der Waals surface area contributed by atoms with E-state index in [9.17, 15) is 18.8 Å². The Bertz CT molecular complexity index is 552. The van der Waals surface area contributed by atoms with Crippen LogP contribution in [0.5, 0.6) is 0 Å². The molecular weight excluding hydrogens is 339 g/mol. The molecular formula is C11H10BrFN2O5. The number of nitrogens with one attached hydrogen (secondary N) is 1. The summed E-state index contributed by atoms with van der Waals surface area (Å²) in [5.74, 6) is -3.19. The van der Waals surface area contributed by atoms with Gasteiger partial charge in [0.25, 0.3) is 5.91 Å². The molecule has 1 aromatic rings. The van der Waals surface area contributed by atoms with Gasteiger partial charge in [0.2, 0.25) is 0 Å². The minimum absolute atomic E-state index is 0.140. The van der Waals surface area contributed by atoms with E-state index in [0.717, 1.165) is 7.11 Å². The molecule has 0 aliphatic carbocycles. The predicted octanol–water partition coefficient (Wildman–Crippen LogP) is 0.783. The molecule has 1 atom stereocenters. The van der Waals surface area contributed by atoms with E-state index in [1.165, 1.54) is 12.1 Å². The van der Waals surface area contributed by atoms with Crippen molar-refractivity contribution in [3.8, 4) is 0 Å². The fourth-order valence-electron chi connectivity index (χ4n) is 1.22. The first-order valence-electron chi connectivity index (χ1n) is 5.24. The molecule has 0 saturated carbocycles. The molecule has 1 aromatic heterocycles. The summed E-state index contributed by atoms with van der Waals surface area (Å²) in [5.41, 5.74) is -0.376. The largest absolute Gasteiger partial charge is 0.480 e. The molecule has 0 fully saturated rings. The number of esters is 1. The lowest BCUT2D eigenvalue weighted by molar-refractivity contribution is -0.139. The number of methoxy groups -OCH3 is 1. The summed E-state index contributed by atoms with van der Waals surface area (Å²) in [6.45, 7) is -1.26. The molecule has 0 aromatic carbocycles. The van der Waals surface area contributed by atoms with Gasteiger partial charge >= 0.3 is 11.9 Å². The second-order valence-corrected chi connectivity index (χ2v) is 4.48. The molecule has 0 saturated heterocycles. The molecule has 0 spiro atoms. The molecule has 9 heteroatoms. The van der Waals surface area contributed by atoms with Gasteiger partial charge in [-0.15, -0.1) is 0 Å². The van der Waals surface area contributed by atoms with Crippen LogP contribution in [0.1, 0.15) is 21.0 Å². The van der Waals surface area contributed by atoms with Crippen LogP contribution in [0.4, 0.5) is 4.39 Å². The van der Waals surface area contributed by atoms with Crippen molar-refractivity contribution in [2.24, 2.45) is 0 Å². The van der Waals surface area contributed by atoms with Crippen LogP contribution in [-0.4, -0.2) is 47.8 Å². The van der Waals surface area contributed by atoms with Crippen molar-refractivity contribution in [2.75, 3.05) is 13.8 Å². The van der Waals surface area contributed by atoms with E-state index in [-0.39, 0.29) is 11.4 Å². The Morgan fingerprint density at radius 1 is 1.45 bits per heavy atom. The maximum atomic E-state index is 12.4. The molecule has 1 rings (SSSR count). The molecule has 1 amide bonds. The third-order valence-corrected chi connectivity index (χ3v) is 2.63. The quantitative estimate of drug-likeness (QED) is 0.762. The van der Waals surface area contributed by atoms with Gasteiger partial charge in [-0.1, -0.05) is 15.9 Å². The Labute approximate surface area is 121 Å². The molecule has 0 radical (unpaired) electrons. The van der Waals surface area contributed by atoms with E-state index in [4.69, 9.17) is 5.11 Å². The highest BCUT2D eigenvalue weighted by atomic mass is 79.9. The van der Waals surface area contributed by atoms with Crippen molar-refractivity contribution in [2.45, 2.75) is 6.04 Å². The van der Waals surface area contributed by atoms with Crippen LogP contribution in [0.25, 0.3) is 0 Å². The molecule has 108 valence electrons. The first-order valence-corrected chi connectivity index (χ1v) is 6.04. The zero-order valence-corrected chi connectivity index (χ0v) is 11.8. The molecule has 1 heterocycles. The van der Waals surface area contributed by atoms with Crippen molar-refractivity contribution in [3.05, 3.63) is 28.0 Å². The van der Waals surface area contributed by atoms with Crippen LogP contribution < -0.4 is 5.32 Å². The Hall–Kier alpha value is -2.03. The third kappa shape index (κ3) is 3.98. The lowest BCUT2D eigenvalue weighted by Crippen LogP contribution is -2.42. The zero-order chi connectivity index (χ0) is 15.3. The summed E-state index contributed by atoms with van der Waals surface area (Å²) in [7, 11) is 1.15. The highest BCUT2D eigenvalue weighted by Gasteiger charge is 2.22. The summed E-state index contributed by atoms with van der Waals surface area (Å²) < 4.78 is 17.3. The molecule has 1 unspecified atom stereocenters. The number of alkyl halides is 1. The minimum atomic E-state index is -1.68. The summed E-state index contributed by atoms with van der Waals surface area (Å²) in [6, 6.07) is 0.913. The molecule has 0 bridgehead atoms. The highest BCUT2D eigenvalue weighted by molar-refractivity contribution is 9.10. The van der Waals surface area contributed by atoms with Crippen LogP contribution in [0.15, 0.2) is 16.6 Å². The Morgan fingerprint density at radius 3 is 2.55 bits per heavy atom. The van der Waals surface area contributed by atoms with Gasteiger partial charge in [0.05, 0.1) is 7.11 Å². The van der Waals surface area contributed by atoms with E-state index in [1.54, 1.807) is 0 Å². The molecule has 20 heavy (non-hydrogen) atoms. The van der Waals surface area contributed by atoms with Crippen molar-refractivity contribution in [3.63, 3.8) is 0 Å². The van der Waals surface area contributed by atoms with Crippen LogP contribution in [0.2, 0.25) is 0 Å². The number of carbonyl (C=O) groups is 3. The van der Waals surface area contributed by atoms with Gasteiger partial charge in [0, 0.05) is 4.47 Å². The average Bonchev–Trinajstić information content (AvgIpc) is 2.42. The molecule has 0 aliphatic heterocycles. The Morgan fingerprint density at radius 2 is 2.05 bits per heavy atom. The van der Waals surface area contributed by atoms with Crippen molar-refractivity contribution in [1.29, 1.82) is 0 Å². The predicted molar refractivity (Wildman–Crippen MR) is 68.1 cm³/mol. The summed E-state index contributed by atoms with van der Waals surface area (Å²) in [6.07, 6.45) is 0. The number of nitrogens with zero attached hydrogens (tertiary/aromatic N) is 1. The van der Waals surface area contributed by atoms with E-state index in [0.29, 0.717) is 4.47 Å². The van der Waals surface area contributed by atoms with E-state index in [1.807, 2.05) is 5.32 Å². The van der Waals surface area contributed by atoms with Crippen LogP contribution in [-0.2, 0) is 9.53 Å². The van der Waals surface area contributed by atoms with Gasteiger partial charge in [-0.25, -0.2) is 19.0 Å². The van der Waals surface area contributed by atoms with Gasteiger partial charge in [0.15, 0.2) is 6.04 Å². The van der Waals surface area contributed by atoms with Crippen LogP contribution >= 0.6 is 15.9 Å². The number of aliphatic carboxylic acids is 1. The molecule has 7 nitrogen and oxygen atoms in total. The fourth-order valence-corrected chi connectivity index (χ4v) is 1.65. The topological polar surface area (TPSA) is 106 Å². The highest BCUT2D eigenvalue weighted by Crippen LogP contribution is 2.13. The lowest BCUT2D eigenvalue weighted by Gasteiger charge is -2.11. The van der Waals surface area contributed by atoms with Crippen LogP contribution in [0, 0.1) is 0 Å². The van der Waals surface area contributed by atoms with Crippen molar-refractivity contribution in [1.82, 2.24) is 10.3 Å². The van der Waals surface area contributed by atoms with Crippen molar-refractivity contribution < 1.29 is 28.6 Å². The smallest absolute Gasteiger partial charge is 0.356 e. The second kappa shape index (κ2) is 6.94. The standard InChI is InChI=1S/C11H10BrFN2O5/c1-20-11(19)7-3-5(12)2-6(14-7)9(16)15-8(4-13)10(17)18/h2-3,8H,4H2,1H3,(H,15,16)(H,17,18). The number of amides is 1. The first-order chi connectivity index (χ1) is 9.38. The number of rotatable bonds is 5. The Balaban J connectivity index is 3.01. The van der Waals surface area contributed by atoms with E-state index < -0.39 is 30.6 Å². The number of halogens is 2. The Kier molecular flexibility index (Phi) is 5.56. The zero-order valence-electron chi connectivity index (χ0n) is 10.2. The molecule has 2 N–H and O–H groups in total. The van der Waals surface area contributed by atoms with Gasteiger partial charge in [-0.3, -0.25) is 4.79 Å². The summed E-state index contributed by atoms with van der Waals surface area (Å²) in [5, 5.41) is 10.6. The number of hydrogen-bond donors (Lipinski definition) is 2. The SMILES string of the molecule is COC(=O)c1cc(Br)cc(C(=O)NC(CF)C(=O)O)n1. The number of aromatic nitrogens is 1. The fraction of sp³-hybridized carbons (Fsp3) is 0.273. The van der Waals surface area contributed by atoms with Crippen molar-refractivity contribution >= 4 is 33.8 Å². The van der Waals surface area contributed by atoms with E-state index >= 15 is 0 Å². The monoisotopic (exact) mass is 348 g/mol. The number of pyridine rings is 1. The number of ether oxygens (including phenoxy) is 1. The van der Waals surface area contributed by atoms with Gasteiger partial charge in [-0.05, 0) is 12.1 Å². The normalized spacial score (nSPS) is 11.6. The number of carboxylic acids is 1. The minimum Gasteiger partial charge on any atom is -0.480 e. The first kappa shape index (κ1) is 16.0. The maximum Gasteiger partial charge on any atom is 0.356 e. The third-order valence-electron chi connectivity index (χ3n) is 2.18. The molecule has 0 aliphatic rings. The van der Waals surface area contributed by atoms with Gasteiger partial charge < -0.3 is 15.2 Å². The lowest BCUT2D eigenvalue weighted by atomic mass is 10.2. The second-order valence-electron chi connectivity index (χ2n) is 3.57.